The Morgan fingerprint density at radius 3 is 2.60 bits per heavy atom. The predicted molar refractivity (Wildman–Crippen MR) is 117 cm³/mol. The molecule has 2 aliphatic rings. The summed E-state index contributed by atoms with van der Waals surface area (Å²) in [6.45, 7) is 5.62. The highest BCUT2D eigenvalue weighted by atomic mass is 16.2. The molecule has 0 bridgehead atoms. The number of nitrogens with zero attached hydrogens (tertiary/aromatic N) is 5. The maximum absolute atomic E-state index is 13.2. The van der Waals surface area contributed by atoms with Crippen LogP contribution in [0.5, 0.6) is 0 Å². The molecule has 1 fully saturated rings. The lowest BCUT2D eigenvalue weighted by Crippen LogP contribution is -2.44. The summed E-state index contributed by atoms with van der Waals surface area (Å²) < 4.78 is 1.52. The van der Waals surface area contributed by atoms with Gasteiger partial charge in [0.15, 0.2) is 0 Å². The van der Waals surface area contributed by atoms with Crippen molar-refractivity contribution in [3.8, 4) is 0 Å². The van der Waals surface area contributed by atoms with Gasteiger partial charge in [-0.25, -0.2) is 0 Å². The summed E-state index contributed by atoms with van der Waals surface area (Å²) in [5.41, 5.74) is 2.28. The molecular weight excluding hydrogens is 380 g/mol. The smallest absolute Gasteiger partial charge is 0.276 e. The Morgan fingerprint density at radius 2 is 1.80 bits per heavy atom. The Bertz CT molecular complexity index is 916. The minimum absolute atomic E-state index is 0.00667. The van der Waals surface area contributed by atoms with Gasteiger partial charge in [0.1, 0.15) is 5.69 Å². The number of unbranched alkanes of at least 4 members (excludes halogenated alkanes) is 2. The third-order valence-electron chi connectivity index (χ3n) is 5.98. The largest absolute Gasteiger partial charge is 0.319 e. The molecule has 0 spiro atoms. The number of likely N-dealkylation sites (N-methyl/N-ethyl adjacent to an activating group) is 1. The van der Waals surface area contributed by atoms with Crippen molar-refractivity contribution in [2.24, 2.45) is 7.05 Å². The van der Waals surface area contributed by atoms with Crippen molar-refractivity contribution < 1.29 is 9.59 Å². The number of carbonyl (C=O) groups is 2. The quantitative estimate of drug-likeness (QED) is 0.741. The highest BCUT2D eigenvalue weighted by molar-refractivity contribution is 6.16. The predicted octanol–water partition coefficient (Wildman–Crippen LogP) is 2.46. The topological polar surface area (TPSA) is 73.7 Å². The monoisotopic (exact) mass is 410 g/mol. The lowest BCUT2D eigenvalue weighted by molar-refractivity contribution is -0.118. The molecule has 8 heteroatoms. The molecule has 8 nitrogen and oxygen atoms in total. The minimum atomic E-state index is -0.250. The molecule has 4 rings (SSSR count). The highest BCUT2D eigenvalue weighted by Gasteiger charge is 2.31. The molecular formula is C22H30N6O2. The Morgan fingerprint density at radius 1 is 1.03 bits per heavy atom. The third kappa shape index (κ3) is 4.24. The van der Waals surface area contributed by atoms with Gasteiger partial charge in [0.05, 0.1) is 23.3 Å². The van der Waals surface area contributed by atoms with Crippen molar-refractivity contribution >= 4 is 28.9 Å². The van der Waals surface area contributed by atoms with Crippen LogP contribution in [0.2, 0.25) is 0 Å². The Kier molecular flexibility index (Phi) is 6.15. The molecule has 160 valence electrons. The molecule has 2 aromatic rings. The first kappa shape index (κ1) is 20.6. The van der Waals surface area contributed by atoms with E-state index in [4.69, 9.17) is 0 Å². The molecule has 1 saturated heterocycles. The lowest BCUT2D eigenvalue weighted by Gasteiger charge is -2.32. The first-order chi connectivity index (χ1) is 14.5. The SMILES string of the molecule is CN1CCN(CCCCCC(=O)N2c3ccccc3NC(=O)c3c2cnn3C)CC1. The van der Waals surface area contributed by atoms with E-state index in [1.54, 1.807) is 18.1 Å². The summed E-state index contributed by atoms with van der Waals surface area (Å²) in [7, 11) is 3.89. The number of nitrogens with one attached hydrogen (secondary N) is 1. The Hall–Kier alpha value is -2.71. The lowest BCUT2D eigenvalue weighted by atomic mass is 10.1. The molecule has 0 unspecified atom stereocenters. The van der Waals surface area contributed by atoms with Gasteiger partial charge in [0.2, 0.25) is 5.91 Å². The Labute approximate surface area is 177 Å². The van der Waals surface area contributed by atoms with Gasteiger partial charge < -0.3 is 15.1 Å². The van der Waals surface area contributed by atoms with Gasteiger partial charge in [0.25, 0.3) is 5.91 Å². The van der Waals surface area contributed by atoms with Gasteiger partial charge in [-0.15, -0.1) is 0 Å². The van der Waals surface area contributed by atoms with Crippen LogP contribution in [0.3, 0.4) is 0 Å². The number of rotatable bonds is 6. The van der Waals surface area contributed by atoms with E-state index >= 15 is 0 Å². The van der Waals surface area contributed by atoms with Crippen molar-refractivity contribution in [1.29, 1.82) is 0 Å². The van der Waals surface area contributed by atoms with Crippen LogP contribution >= 0.6 is 0 Å². The number of piperazine rings is 1. The van der Waals surface area contributed by atoms with Crippen molar-refractivity contribution in [2.75, 3.05) is 50.0 Å². The molecule has 0 atom stereocenters. The molecule has 0 saturated carbocycles. The summed E-state index contributed by atoms with van der Waals surface area (Å²) >= 11 is 0. The fourth-order valence-electron chi connectivity index (χ4n) is 4.18. The van der Waals surface area contributed by atoms with Crippen LogP contribution in [0.4, 0.5) is 17.1 Å². The van der Waals surface area contributed by atoms with E-state index in [9.17, 15) is 9.59 Å². The number of aryl methyl sites for hydroxylation is 1. The molecule has 1 aromatic heterocycles. The Balaban J connectivity index is 1.40. The summed E-state index contributed by atoms with van der Waals surface area (Å²) in [6, 6.07) is 7.42. The number of benzene rings is 1. The fraction of sp³-hybridized carbons (Fsp3) is 0.500. The van der Waals surface area contributed by atoms with Crippen LogP contribution in [-0.4, -0.2) is 71.2 Å². The van der Waals surface area contributed by atoms with E-state index in [1.165, 1.54) is 4.68 Å². The van der Waals surface area contributed by atoms with E-state index in [1.807, 2.05) is 24.3 Å². The third-order valence-corrected chi connectivity index (χ3v) is 5.98. The van der Waals surface area contributed by atoms with Crippen LogP contribution in [0.25, 0.3) is 0 Å². The number of amides is 2. The fourth-order valence-corrected chi connectivity index (χ4v) is 4.18. The summed E-state index contributed by atoms with van der Waals surface area (Å²) in [6.07, 6.45) is 5.00. The number of carbonyl (C=O) groups excluding carboxylic acids is 2. The van der Waals surface area contributed by atoms with Crippen LogP contribution in [0.1, 0.15) is 36.2 Å². The molecule has 30 heavy (non-hydrogen) atoms. The standard InChI is InChI=1S/C22H30N6O2/c1-25-12-14-27(15-13-25)11-7-3-4-10-20(29)28-18-9-6-5-8-17(18)24-22(30)21-19(28)16-23-26(21)2/h5-6,8-9,16H,3-4,7,10-15H2,1-2H3,(H,24,30). The number of hydrogen-bond acceptors (Lipinski definition) is 5. The normalized spacial score (nSPS) is 17.3. The van der Waals surface area contributed by atoms with Crippen molar-refractivity contribution in [2.45, 2.75) is 25.7 Å². The summed E-state index contributed by atoms with van der Waals surface area (Å²) in [4.78, 5) is 32.4. The molecule has 3 heterocycles. The zero-order valence-corrected chi connectivity index (χ0v) is 17.8. The van der Waals surface area contributed by atoms with Crippen LogP contribution in [-0.2, 0) is 11.8 Å². The number of anilines is 3. The first-order valence-corrected chi connectivity index (χ1v) is 10.7. The second-order valence-corrected chi connectivity index (χ2v) is 8.16. The molecule has 1 aromatic carbocycles. The maximum atomic E-state index is 13.2. The summed E-state index contributed by atoms with van der Waals surface area (Å²) in [5.74, 6) is -0.257. The average Bonchev–Trinajstić information content (AvgIpc) is 3.05. The van der Waals surface area contributed by atoms with Crippen molar-refractivity contribution in [3.05, 3.63) is 36.2 Å². The van der Waals surface area contributed by atoms with Crippen molar-refractivity contribution in [3.63, 3.8) is 0 Å². The second-order valence-electron chi connectivity index (χ2n) is 8.16. The van der Waals surface area contributed by atoms with Gasteiger partial charge in [0, 0.05) is 39.6 Å². The van der Waals surface area contributed by atoms with Crippen LogP contribution in [0, 0.1) is 0 Å². The molecule has 0 radical (unpaired) electrons. The number of para-hydroxylation sites is 2. The van der Waals surface area contributed by atoms with Crippen LogP contribution < -0.4 is 10.2 Å². The van der Waals surface area contributed by atoms with E-state index in [0.29, 0.717) is 29.2 Å². The maximum Gasteiger partial charge on any atom is 0.276 e. The van der Waals surface area contributed by atoms with E-state index in [-0.39, 0.29) is 11.8 Å². The summed E-state index contributed by atoms with van der Waals surface area (Å²) in [5, 5.41) is 7.12. The zero-order valence-electron chi connectivity index (χ0n) is 17.8. The van der Waals surface area contributed by atoms with Gasteiger partial charge >= 0.3 is 0 Å². The molecule has 2 aliphatic heterocycles. The van der Waals surface area contributed by atoms with E-state index in [2.05, 4.69) is 27.3 Å². The number of hydrogen-bond donors (Lipinski definition) is 1. The van der Waals surface area contributed by atoms with Gasteiger partial charge in [-0.05, 0) is 38.6 Å². The zero-order chi connectivity index (χ0) is 21.1. The number of aromatic nitrogens is 2. The van der Waals surface area contributed by atoms with Gasteiger partial charge in [-0.3, -0.25) is 19.2 Å². The number of fused-ring (bicyclic) bond motifs is 2. The van der Waals surface area contributed by atoms with E-state index in [0.717, 1.165) is 52.0 Å². The first-order valence-electron chi connectivity index (χ1n) is 10.7. The molecule has 0 aliphatic carbocycles. The van der Waals surface area contributed by atoms with Gasteiger partial charge in [-0.2, -0.15) is 5.10 Å². The van der Waals surface area contributed by atoms with E-state index < -0.39 is 0 Å². The minimum Gasteiger partial charge on any atom is -0.319 e. The van der Waals surface area contributed by atoms with Crippen molar-refractivity contribution in [1.82, 2.24) is 19.6 Å². The second kappa shape index (κ2) is 8.97. The molecule has 2 amide bonds. The average molecular weight is 411 g/mol. The van der Waals surface area contributed by atoms with Crippen LogP contribution in [0.15, 0.2) is 30.5 Å². The highest BCUT2D eigenvalue weighted by Crippen LogP contribution is 2.38. The molecule has 1 N–H and O–H groups in total. The van der Waals surface area contributed by atoms with Gasteiger partial charge in [-0.1, -0.05) is 18.6 Å².